The Morgan fingerprint density at radius 1 is 1.19 bits per heavy atom. The quantitative estimate of drug-likeness (QED) is 0.669. The molecule has 1 amide bonds. The van der Waals surface area contributed by atoms with E-state index in [4.69, 9.17) is 0 Å². The topological polar surface area (TPSA) is 64.0 Å². The summed E-state index contributed by atoms with van der Waals surface area (Å²) in [6.45, 7) is 1.34. The first kappa shape index (κ1) is 17.8. The number of aromatic nitrogens is 2. The third-order valence-electron chi connectivity index (χ3n) is 4.72. The van der Waals surface area contributed by atoms with Gasteiger partial charge in [-0.1, -0.05) is 30.3 Å². The number of amides is 1. The first-order chi connectivity index (χ1) is 13.2. The lowest BCUT2D eigenvalue weighted by Crippen LogP contribution is -2.26. The standard InChI is InChI=1S/C21H21N3O2S/c25-20(22-10-12-27-14-15-5-2-1-3-6-15)16-8-9-17-18(13-16)23-19-7-4-11-24(19)21(17)26/h1-3,5-6,8-9,13H,4,7,10-12,14H2,(H,22,25). The molecule has 138 valence electrons. The number of benzene rings is 2. The van der Waals surface area contributed by atoms with Gasteiger partial charge in [0, 0.05) is 36.6 Å². The summed E-state index contributed by atoms with van der Waals surface area (Å²) in [5, 5.41) is 3.53. The zero-order valence-electron chi connectivity index (χ0n) is 15.0. The molecule has 0 spiro atoms. The van der Waals surface area contributed by atoms with Crippen molar-refractivity contribution in [1.29, 1.82) is 0 Å². The van der Waals surface area contributed by atoms with Gasteiger partial charge in [0.2, 0.25) is 0 Å². The number of aryl methyl sites for hydroxylation is 1. The highest BCUT2D eigenvalue weighted by Gasteiger charge is 2.17. The van der Waals surface area contributed by atoms with Crippen molar-refractivity contribution < 1.29 is 4.79 Å². The van der Waals surface area contributed by atoms with Crippen molar-refractivity contribution in [3.63, 3.8) is 0 Å². The predicted molar refractivity (Wildman–Crippen MR) is 109 cm³/mol. The predicted octanol–water partition coefficient (Wildman–Crippen LogP) is 3.01. The van der Waals surface area contributed by atoms with E-state index in [2.05, 4.69) is 22.4 Å². The van der Waals surface area contributed by atoms with Gasteiger partial charge in [0.25, 0.3) is 11.5 Å². The van der Waals surface area contributed by atoms with Crippen molar-refractivity contribution in [2.75, 3.05) is 12.3 Å². The van der Waals surface area contributed by atoms with E-state index in [1.807, 2.05) is 18.2 Å². The first-order valence-electron chi connectivity index (χ1n) is 9.16. The van der Waals surface area contributed by atoms with Crippen molar-refractivity contribution in [1.82, 2.24) is 14.9 Å². The average Bonchev–Trinajstić information content (AvgIpc) is 3.17. The van der Waals surface area contributed by atoms with Crippen molar-refractivity contribution in [3.05, 3.63) is 75.8 Å². The van der Waals surface area contributed by atoms with Crippen LogP contribution in [0.2, 0.25) is 0 Å². The largest absolute Gasteiger partial charge is 0.351 e. The maximum absolute atomic E-state index is 12.5. The highest BCUT2D eigenvalue weighted by atomic mass is 32.2. The molecule has 0 fully saturated rings. The van der Waals surface area contributed by atoms with Crippen LogP contribution in [0, 0.1) is 0 Å². The van der Waals surface area contributed by atoms with Gasteiger partial charge in [-0.2, -0.15) is 11.8 Å². The number of nitrogens with one attached hydrogen (secondary N) is 1. The number of nitrogens with zero attached hydrogens (tertiary/aromatic N) is 2. The van der Waals surface area contributed by atoms with Gasteiger partial charge in [0.1, 0.15) is 5.82 Å². The van der Waals surface area contributed by atoms with Gasteiger partial charge in [-0.3, -0.25) is 14.2 Å². The van der Waals surface area contributed by atoms with Gasteiger partial charge in [-0.05, 0) is 30.2 Å². The van der Waals surface area contributed by atoms with Crippen molar-refractivity contribution >= 4 is 28.6 Å². The van der Waals surface area contributed by atoms with Gasteiger partial charge in [0.15, 0.2) is 0 Å². The fourth-order valence-corrected chi connectivity index (χ4v) is 4.15. The maximum atomic E-state index is 12.5. The monoisotopic (exact) mass is 379 g/mol. The van der Waals surface area contributed by atoms with E-state index in [0.717, 1.165) is 36.7 Å². The second-order valence-electron chi connectivity index (χ2n) is 6.61. The minimum Gasteiger partial charge on any atom is -0.351 e. The number of fused-ring (bicyclic) bond motifs is 2. The number of hydrogen-bond donors (Lipinski definition) is 1. The van der Waals surface area contributed by atoms with Gasteiger partial charge in [-0.25, -0.2) is 4.98 Å². The summed E-state index contributed by atoms with van der Waals surface area (Å²) in [4.78, 5) is 29.5. The first-order valence-corrected chi connectivity index (χ1v) is 10.3. The minimum atomic E-state index is -0.125. The van der Waals surface area contributed by atoms with E-state index >= 15 is 0 Å². The number of thioether (sulfide) groups is 1. The average molecular weight is 379 g/mol. The van der Waals surface area contributed by atoms with Crippen LogP contribution in [-0.4, -0.2) is 27.8 Å². The lowest BCUT2D eigenvalue weighted by Gasteiger charge is -2.08. The molecule has 1 aliphatic rings. The lowest BCUT2D eigenvalue weighted by atomic mass is 10.1. The van der Waals surface area contributed by atoms with E-state index in [0.29, 0.717) is 23.0 Å². The molecule has 4 rings (SSSR count). The molecule has 2 aromatic carbocycles. The number of hydrogen-bond acceptors (Lipinski definition) is 4. The highest BCUT2D eigenvalue weighted by molar-refractivity contribution is 7.98. The van der Waals surface area contributed by atoms with Gasteiger partial charge in [-0.15, -0.1) is 0 Å². The zero-order valence-corrected chi connectivity index (χ0v) is 15.8. The van der Waals surface area contributed by atoms with Crippen LogP contribution in [-0.2, 0) is 18.7 Å². The highest BCUT2D eigenvalue weighted by Crippen LogP contribution is 2.16. The molecule has 27 heavy (non-hydrogen) atoms. The number of carbonyl (C=O) groups is 1. The van der Waals surface area contributed by atoms with Gasteiger partial charge in [0.05, 0.1) is 10.9 Å². The van der Waals surface area contributed by atoms with Crippen molar-refractivity contribution in [3.8, 4) is 0 Å². The Morgan fingerprint density at radius 2 is 2.04 bits per heavy atom. The summed E-state index contributed by atoms with van der Waals surface area (Å²) in [6, 6.07) is 15.4. The smallest absolute Gasteiger partial charge is 0.261 e. The van der Waals surface area contributed by atoms with E-state index in [9.17, 15) is 9.59 Å². The molecule has 0 aliphatic carbocycles. The summed E-state index contributed by atoms with van der Waals surface area (Å²) in [7, 11) is 0. The molecule has 0 saturated heterocycles. The van der Waals surface area contributed by atoms with Crippen molar-refractivity contribution in [2.45, 2.75) is 25.1 Å². The Balaban J connectivity index is 1.37. The van der Waals surface area contributed by atoms with E-state index in [1.54, 1.807) is 34.5 Å². The van der Waals surface area contributed by atoms with Crippen LogP contribution >= 0.6 is 11.8 Å². The third kappa shape index (κ3) is 3.90. The normalized spacial score (nSPS) is 12.9. The third-order valence-corrected chi connectivity index (χ3v) is 5.75. The zero-order chi connectivity index (χ0) is 18.6. The van der Waals surface area contributed by atoms with Crippen molar-refractivity contribution in [2.24, 2.45) is 0 Å². The Bertz CT molecular complexity index is 1030. The molecule has 2 heterocycles. The van der Waals surface area contributed by atoms with E-state index in [-0.39, 0.29) is 11.5 Å². The number of carbonyl (C=O) groups excluding carboxylic acids is 1. The molecule has 0 bridgehead atoms. The lowest BCUT2D eigenvalue weighted by molar-refractivity contribution is 0.0956. The number of rotatable bonds is 6. The van der Waals surface area contributed by atoms with Gasteiger partial charge < -0.3 is 5.32 Å². The molecule has 6 heteroatoms. The second-order valence-corrected chi connectivity index (χ2v) is 7.72. The summed E-state index contributed by atoms with van der Waals surface area (Å²) >= 11 is 1.79. The summed E-state index contributed by atoms with van der Waals surface area (Å²) in [5.41, 5.74) is 2.44. The van der Waals surface area contributed by atoms with Crippen LogP contribution < -0.4 is 10.9 Å². The molecular weight excluding hydrogens is 358 g/mol. The molecule has 5 nitrogen and oxygen atoms in total. The molecular formula is C21H21N3O2S. The summed E-state index contributed by atoms with van der Waals surface area (Å²) < 4.78 is 1.74. The molecule has 0 saturated carbocycles. The minimum absolute atomic E-state index is 0.00299. The molecule has 0 radical (unpaired) electrons. The molecule has 0 unspecified atom stereocenters. The summed E-state index contributed by atoms with van der Waals surface area (Å²) in [5.74, 6) is 2.48. The Morgan fingerprint density at radius 3 is 2.89 bits per heavy atom. The molecule has 1 aliphatic heterocycles. The Labute approximate surface area is 161 Å². The SMILES string of the molecule is O=C(NCCSCc1ccccc1)c1ccc2c(=O)n3c(nc2c1)CCC3. The van der Waals surface area contributed by atoms with Crippen LogP contribution in [0.25, 0.3) is 10.9 Å². The Hall–Kier alpha value is -2.60. The summed E-state index contributed by atoms with van der Waals surface area (Å²) in [6.07, 6.45) is 1.77. The van der Waals surface area contributed by atoms with E-state index < -0.39 is 0 Å². The van der Waals surface area contributed by atoms with Crippen LogP contribution in [0.4, 0.5) is 0 Å². The molecule has 3 aromatic rings. The molecule has 1 aromatic heterocycles. The Kier molecular flexibility index (Phi) is 5.25. The fourth-order valence-electron chi connectivity index (χ4n) is 3.33. The second kappa shape index (κ2) is 7.96. The van der Waals surface area contributed by atoms with Crippen LogP contribution in [0.1, 0.15) is 28.2 Å². The molecule has 1 N–H and O–H groups in total. The molecule has 0 atom stereocenters. The van der Waals surface area contributed by atoms with Crippen LogP contribution in [0.3, 0.4) is 0 Å². The fraction of sp³-hybridized carbons (Fsp3) is 0.286. The van der Waals surface area contributed by atoms with Crippen LogP contribution in [0.15, 0.2) is 53.3 Å². The van der Waals surface area contributed by atoms with E-state index in [1.165, 1.54) is 5.56 Å². The van der Waals surface area contributed by atoms with Gasteiger partial charge >= 0.3 is 0 Å². The maximum Gasteiger partial charge on any atom is 0.261 e. The van der Waals surface area contributed by atoms with Crippen LogP contribution in [0.5, 0.6) is 0 Å².